The molecule has 0 aliphatic heterocycles. The largest absolute Gasteiger partial charge is 0.357 e. The molecule has 1 aliphatic rings. The maximum atomic E-state index is 13.0. The van der Waals surface area contributed by atoms with Gasteiger partial charge in [-0.15, -0.1) is 11.3 Å². The second-order valence-corrected chi connectivity index (χ2v) is 7.84. The van der Waals surface area contributed by atoms with Gasteiger partial charge >= 0.3 is 6.55 Å². The van der Waals surface area contributed by atoms with Crippen molar-refractivity contribution in [3.63, 3.8) is 0 Å². The second-order valence-electron chi connectivity index (χ2n) is 6.90. The van der Waals surface area contributed by atoms with Gasteiger partial charge in [0.1, 0.15) is 12.4 Å². The fourth-order valence-electron chi connectivity index (χ4n) is 3.71. The van der Waals surface area contributed by atoms with Crippen LogP contribution in [0.2, 0.25) is 0 Å². The Hall–Kier alpha value is -1.96. The molecule has 5 nitrogen and oxygen atoms in total. The minimum atomic E-state index is -2.60. The third-order valence-electron chi connectivity index (χ3n) is 5.13. The number of hydrogen-bond acceptors (Lipinski definition) is 3. The van der Waals surface area contributed by atoms with Gasteiger partial charge in [-0.05, 0) is 31.2 Å². The van der Waals surface area contributed by atoms with Crippen molar-refractivity contribution in [2.45, 2.75) is 57.5 Å². The van der Waals surface area contributed by atoms with Gasteiger partial charge in [0, 0.05) is 35.8 Å². The highest BCUT2D eigenvalue weighted by molar-refractivity contribution is 7.10. The lowest BCUT2D eigenvalue weighted by Gasteiger charge is -2.37. The summed E-state index contributed by atoms with van der Waals surface area (Å²) in [6.07, 6.45) is 8.75. The van der Waals surface area contributed by atoms with E-state index in [0.717, 1.165) is 24.0 Å². The van der Waals surface area contributed by atoms with Crippen LogP contribution in [0, 0.1) is 0 Å². The smallest absolute Gasteiger partial charge is 0.319 e. The molecule has 0 atom stereocenters. The van der Waals surface area contributed by atoms with Crippen molar-refractivity contribution in [2.24, 2.45) is 4.99 Å². The lowest BCUT2D eigenvalue weighted by atomic mass is 9.73. The van der Waals surface area contributed by atoms with E-state index in [4.69, 9.17) is 0 Å². The molecule has 1 saturated carbocycles. The predicted octanol–water partition coefficient (Wildman–Crippen LogP) is 4.30. The molecule has 0 saturated heterocycles. The van der Waals surface area contributed by atoms with Crippen molar-refractivity contribution in [3.8, 4) is 0 Å². The number of aromatic nitrogens is 2. The maximum Gasteiger partial charge on any atom is 0.319 e. The number of halogens is 2. The van der Waals surface area contributed by atoms with Crippen LogP contribution in [-0.2, 0) is 12.0 Å². The van der Waals surface area contributed by atoms with E-state index in [2.05, 4.69) is 38.1 Å². The Labute approximate surface area is 162 Å². The lowest BCUT2D eigenvalue weighted by Crippen LogP contribution is -2.46. The minimum absolute atomic E-state index is 0.110. The van der Waals surface area contributed by atoms with Crippen LogP contribution in [0.4, 0.5) is 8.78 Å². The van der Waals surface area contributed by atoms with E-state index >= 15 is 0 Å². The van der Waals surface area contributed by atoms with Gasteiger partial charge in [0.25, 0.3) is 0 Å². The summed E-state index contributed by atoms with van der Waals surface area (Å²) < 4.78 is 26.8. The Balaban J connectivity index is 1.70. The molecule has 2 heterocycles. The zero-order chi connectivity index (χ0) is 19.1. The van der Waals surface area contributed by atoms with Gasteiger partial charge in [0.15, 0.2) is 5.96 Å². The Kier molecular flexibility index (Phi) is 6.82. The standard InChI is InChI=1S/C19H27F2N5S/c1-2-22-18(24-13-16-23-10-11-26(16)17(20)21)25-14-19(8-4-3-5-9-19)15-7-6-12-27-15/h6-7,10-12,17H,2-5,8-9,13-14H2,1H3,(H2,22,24,25). The van der Waals surface area contributed by atoms with Crippen LogP contribution < -0.4 is 10.6 Å². The number of rotatable bonds is 7. The predicted molar refractivity (Wildman–Crippen MR) is 105 cm³/mol. The molecule has 2 N–H and O–H groups in total. The molecule has 0 unspecified atom stereocenters. The molecule has 0 bridgehead atoms. The average Bonchev–Trinajstić information content (AvgIpc) is 3.37. The molecule has 0 spiro atoms. The number of thiophene rings is 1. The summed E-state index contributed by atoms with van der Waals surface area (Å²) in [6, 6.07) is 4.33. The van der Waals surface area contributed by atoms with Crippen molar-refractivity contribution in [1.82, 2.24) is 20.2 Å². The molecule has 2 aromatic heterocycles. The van der Waals surface area contributed by atoms with E-state index in [9.17, 15) is 8.78 Å². The van der Waals surface area contributed by atoms with Gasteiger partial charge in [-0.2, -0.15) is 8.78 Å². The van der Waals surface area contributed by atoms with E-state index in [-0.39, 0.29) is 17.8 Å². The summed E-state index contributed by atoms with van der Waals surface area (Å²) in [7, 11) is 0. The highest BCUT2D eigenvalue weighted by atomic mass is 32.1. The SMILES string of the molecule is CCNC(=NCc1nccn1C(F)F)NCC1(c2cccs2)CCCCC1. The molecule has 27 heavy (non-hydrogen) atoms. The van der Waals surface area contributed by atoms with Crippen LogP contribution in [0.3, 0.4) is 0 Å². The zero-order valence-corrected chi connectivity index (χ0v) is 16.4. The highest BCUT2D eigenvalue weighted by Gasteiger charge is 2.34. The van der Waals surface area contributed by atoms with Crippen molar-refractivity contribution in [2.75, 3.05) is 13.1 Å². The van der Waals surface area contributed by atoms with Gasteiger partial charge in [0.05, 0.1) is 0 Å². The molecule has 2 aromatic rings. The van der Waals surface area contributed by atoms with Crippen LogP contribution in [0.5, 0.6) is 0 Å². The summed E-state index contributed by atoms with van der Waals surface area (Å²) in [5.74, 6) is 0.899. The molecule has 3 rings (SSSR count). The fourth-order valence-corrected chi connectivity index (χ4v) is 4.69. The van der Waals surface area contributed by atoms with Crippen molar-refractivity contribution in [1.29, 1.82) is 0 Å². The van der Waals surface area contributed by atoms with E-state index in [0.29, 0.717) is 12.5 Å². The first-order valence-electron chi connectivity index (χ1n) is 9.51. The number of alkyl halides is 2. The Morgan fingerprint density at radius 1 is 1.33 bits per heavy atom. The third kappa shape index (κ3) is 4.86. The van der Waals surface area contributed by atoms with E-state index < -0.39 is 6.55 Å². The molecular weight excluding hydrogens is 368 g/mol. The maximum absolute atomic E-state index is 13.0. The summed E-state index contributed by atoms with van der Waals surface area (Å²) in [6.45, 7) is 1.01. The number of hydrogen-bond donors (Lipinski definition) is 2. The monoisotopic (exact) mass is 395 g/mol. The van der Waals surface area contributed by atoms with Crippen LogP contribution in [0.1, 0.15) is 56.3 Å². The van der Waals surface area contributed by atoms with Gasteiger partial charge < -0.3 is 10.6 Å². The summed E-state index contributed by atoms with van der Waals surface area (Å²) in [5, 5.41) is 8.80. The molecule has 1 aliphatic carbocycles. The van der Waals surface area contributed by atoms with Crippen molar-refractivity contribution in [3.05, 3.63) is 40.6 Å². The van der Waals surface area contributed by atoms with Crippen molar-refractivity contribution < 1.29 is 8.78 Å². The topological polar surface area (TPSA) is 54.2 Å². The number of guanidine groups is 1. The summed E-state index contributed by atoms with van der Waals surface area (Å²) >= 11 is 1.81. The van der Waals surface area contributed by atoms with E-state index in [1.165, 1.54) is 36.5 Å². The molecule has 1 fully saturated rings. The molecule has 0 aromatic carbocycles. The van der Waals surface area contributed by atoms with E-state index in [1.54, 1.807) is 0 Å². The molecule has 0 radical (unpaired) electrons. The Bertz CT molecular complexity index is 720. The van der Waals surface area contributed by atoms with Crippen LogP contribution >= 0.6 is 11.3 Å². The van der Waals surface area contributed by atoms with Gasteiger partial charge in [0.2, 0.25) is 0 Å². The van der Waals surface area contributed by atoms with Gasteiger partial charge in [-0.25, -0.2) is 9.98 Å². The number of aliphatic imine (C=N–C) groups is 1. The van der Waals surface area contributed by atoms with Crippen molar-refractivity contribution >= 4 is 17.3 Å². The second kappa shape index (κ2) is 9.30. The molecule has 148 valence electrons. The third-order valence-corrected chi connectivity index (χ3v) is 6.25. The normalized spacial score (nSPS) is 17.3. The fraction of sp³-hybridized carbons (Fsp3) is 0.579. The quantitative estimate of drug-likeness (QED) is 0.543. The van der Waals surface area contributed by atoms with Crippen LogP contribution in [-0.4, -0.2) is 28.6 Å². The average molecular weight is 396 g/mol. The molecule has 8 heteroatoms. The van der Waals surface area contributed by atoms with E-state index in [1.807, 2.05) is 18.3 Å². The summed E-state index contributed by atoms with van der Waals surface area (Å²) in [4.78, 5) is 9.89. The number of nitrogens with zero attached hydrogens (tertiary/aromatic N) is 3. The first kappa shape index (κ1) is 19.8. The van der Waals surface area contributed by atoms with Crippen LogP contribution in [0.15, 0.2) is 34.9 Å². The molecular formula is C19H27F2N5S. The highest BCUT2D eigenvalue weighted by Crippen LogP contribution is 2.41. The first-order chi connectivity index (χ1) is 13.1. The van der Waals surface area contributed by atoms with Gasteiger partial charge in [-0.3, -0.25) is 4.57 Å². The Morgan fingerprint density at radius 3 is 2.81 bits per heavy atom. The number of imidazole rings is 1. The van der Waals surface area contributed by atoms with Crippen LogP contribution in [0.25, 0.3) is 0 Å². The van der Waals surface area contributed by atoms with Gasteiger partial charge in [-0.1, -0.05) is 25.3 Å². The first-order valence-corrected chi connectivity index (χ1v) is 10.4. The lowest BCUT2D eigenvalue weighted by molar-refractivity contribution is 0.0671. The number of nitrogens with one attached hydrogen (secondary N) is 2. The minimum Gasteiger partial charge on any atom is -0.357 e. The zero-order valence-electron chi connectivity index (χ0n) is 15.6. The Morgan fingerprint density at radius 2 is 2.15 bits per heavy atom. The summed E-state index contributed by atoms with van der Waals surface area (Å²) in [5.41, 5.74) is 0.129. The molecule has 0 amide bonds.